The summed E-state index contributed by atoms with van der Waals surface area (Å²) in [5.74, 6) is 0. The highest BCUT2D eigenvalue weighted by molar-refractivity contribution is 9.10. The summed E-state index contributed by atoms with van der Waals surface area (Å²) in [7, 11) is 0. The molecule has 0 radical (unpaired) electrons. The molecule has 0 spiro atoms. The summed E-state index contributed by atoms with van der Waals surface area (Å²) in [6.45, 7) is 0. The van der Waals surface area contributed by atoms with E-state index in [1.807, 2.05) is 0 Å². The van der Waals surface area contributed by atoms with Crippen LogP contribution in [0.4, 0.5) is 0 Å². The van der Waals surface area contributed by atoms with E-state index in [0.717, 1.165) is 12.7 Å². The minimum absolute atomic E-state index is 0.113. The van der Waals surface area contributed by atoms with Gasteiger partial charge in [0.15, 0.2) is 0 Å². The topological polar surface area (TPSA) is 48.9 Å². The summed E-state index contributed by atoms with van der Waals surface area (Å²) in [5.41, 5.74) is -1.60. The van der Waals surface area contributed by atoms with Crippen LogP contribution >= 0.6 is 121 Å². The van der Waals surface area contributed by atoms with Gasteiger partial charge in [-0.15, -0.1) is 0 Å². The molecule has 15 heteroatoms. The van der Waals surface area contributed by atoms with Gasteiger partial charge in [-0.05, 0) is 18.2 Å². The Morgan fingerprint density at radius 3 is 1.68 bits per heavy atom. The lowest BCUT2D eigenvalue weighted by molar-refractivity contribution is 0.888. The standard InChI is InChI=1S/C10H3BrCl7N3O2S2/c11-4-1-2-6(5(12)3-4)19-7(22)20(24-9(13,14)15)21(8(19)23)25-10(16,17)18/h1-3H. The molecule has 0 aliphatic heterocycles. The lowest BCUT2D eigenvalue weighted by Crippen LogP contribution is -2.27. The minimum Gasteiger partial charge on any atom is -0.244 e. The van der Waals surface area contributed by atoms with E-state index in [9.17, 15) is 9.59 Å². The Bertz CT molecular complexity index is 868. The van der Waals surface area contributed by atoms with Crippen molar-refractivity contribution in [1.29, 1.82) is 0 Å². The number of benzene rings is 1. The molecule has 0 aliphatic carbocycles. The molecule has 0 saturated heterocycles. The average Bonchev–Trinajstić information content (AvgIpc) is 2.61. The van der Waals surface area contributed by atoms with E-state index in [-0.39, 0.29) is 10.7 Å². The second kappa shape index (κ2) is 8.27. The predicted molar refractivity (Wildman–Crippen MR) is 114 cm³/mol. The zero-order chi connectivity index (χ0) is 19.2. The Kier molecular flexibility index (Phi) is 7.43. The fourth-order valence-electron chi connectivity index (χ4n) is 1.63. The normalized spacial score (nSPS) is 12.6. The predicted octanol–water partition coefficient (Wildman–Crippen LogP) is 5.86. The molecule has 0 saturated carbocycles. The number of alkyl halides is 6. The monoisotopic (exact) mass is 585 g/mol. The maximum atomic E-state index is 12.7. The minimum atomic E-state index is -1.96. The molecule has 0 aliphatic rings. The number of hydrogen-bond acceptors (Lipinski definition) is 4. The molecule has 0 bridgehead atoms. The third-order valence-corrected chi connectivity index (χ3v) is 5.95. The molecule has 138 valence electrons. The van der Waals surface area contributed by atoms with Gasteiger partial charge in [0.1, 0.15) is 0 Å². The van der Waals surface area contributed by atoms with Gasteiger partial charge < -0.3 is 0 Å². The van der Waals surface area contributed by atoms with Gasteiger partial charge >= 0.3 is 11.4 Å². The Morgan fingerprint density at radius 2 is 1.32 bits per heavy atom. The summed E-state index contributed by atoms with van der Waals surface area (Å²) in [6.07, 6.45) is 0. The van der Waals surface area contributed by atoms with Crippen LogP contribution in [-0.2, 0) is 0 Å². The van der Waals surface area contributed by atoms with Gasteiger partial charge in [0, 0.05) is 28.4 Å². The van der Waals surface area contributed by atoms with E-state index in [2.05, 4.69) is 15.9 Å². The van der Waals surface area contributed by atoms with E-state index in [0.29, 0.717) is 28.4 Å². The molecule has 0 unspecified atom stereocenters. The van der Waals surface area contributed by atoms with Crippen LogP contribution in [0.5, 0.6) is 0 Å². The van der Waals surface area contributed by atoms with Crippen LogP contribution in [0.15, 0.2) is 32.3 Å². The maximum absolute atomic E-state index is 12.7. The van der Waals surface area contributed by atoms with Crippen LogP contribution in [0.2, 0.25) is 5.02 Å². The van der Waals surface area contributed by atoms with Gasteiger partial charge in [-0.1, -0.05) is 97.1 Å². The van der Waals surface area contributed by atoms with Crippen LogP contribution in [0, 0.1) is 0 Å². The largest absolute Gasteiger partial charge is 0.363 e. The molecule has 0 N–H and O–H groups in total. The van der Waals surface area contributed by atoms with Gasteiger partial charge in [0.25, 0.3) is 6.25 Å². The number of halogens is 8. The fourth-order valence-corrected chi connectivity index (χ4v) is 4.76. The van der Waals surface area contributed by atoms with Crippen molar-refractivity contribution in [2.24, 2.45) is 0 Å². The van der Waals surface area contributed by atoms with E-state index >= 15 is 0 Å². The highest BCUT2D eigenvalue weighted by Gasteiger charge is 2.32. The summed E-state index contributed by atoms with van der Waals surface area (Å²) in [5, 5.41) is 0.135. The van der Waals surface area contributed by atoms with Crippen molar-refractivity contribution in [2.45, 2.75) is 6.25 Å². The number of hydrogen-bond donors (Lipinski definition) is 0. The number of nitrogens with zero attached hydrogens (tertiary/aromatic N) is 3. The van der Waals surface area contributed by atoms with Crippen molar-refractivity contribution in [2.75, 3.05) is 0 Å². The van der Waals surface area contributed by atoms with Crippen molar-refractivity contribution in [3.05, 3.63) is 48.7 Å². The smallest absolute Gasteiger partial charge is 0.244 e. The lowest BCUT2D eigenvalue weighted by Gasteiger charge is -2.14. The Balaban J connectivity index is 2.76. The molecule has 2 aromatic rings. The van der Waals surface area contributed by atoms with Crippen LogP contribution in [0.1, 0.15) is 0 Å². The van der Waals surface area contributed by atoms with Gasteiger partial charge in [-0.2, -0.15) is 8.17 Å². The number of rotatable bonds is 3. The molecular weight excluding hydrogens is 586 g/mol. The van der Waals surface area contributed by atoms with Gasteiger partial charge in [0.2, 0.25) is 0 Å². The molecule has 1 aromatic heterocycles. The van der Waals surface area contributed by atoms with Gasteiger partial charge in [-0.3, -0.25) is 0 Å². The molecule has 25 heavy (non-hydrogen) atoms. The average molecular weight is 589 g/mol. The van der Waals surface area contributed by atoms with Gasteiger partial charge in [0.05, 0.1) is 10.7 Å². The zero-order valence-electron chi connectivity index (χ0n) is 11.2. The van der Waals surface area contributed by atoms with Crippen LogP contribution in [0.3, 0.4) is 0 Å². The summed E-state index contributed by atoms with van der Waals surface area (Å²) < 4.78 is -0.966. The first kappa shape index (κ1) is 22.5. The third kappa shape index (κ3) is 5.82. The molecule has 2 rings (SSSR count). The lowest BCUT2D eigenvalue weighted by atomic mass is 10.3. The summed E-state index contributed by atoms with van der Waals surface area (Å²) >= 11 is 44.5. The van der Waals surface area contributed by atoms with Crippen molar-refractivity contribution in [3.8, 4) is 5.69 Å². The Morgan fingerprint density at radius 1 is 0.880 bits per heavy atom. The molecule has 1 aromatic carbocycles. The second-order valence-electron chi connectivity index (χ2n) is 4.12. The van der Waals surface area contributed by atoms with E-state index in [4.69, 9.17) is 81.2 Å². The molecule has 1 heterocycles. The van der Waals surface area contributed by atoms with Crippen molar-refractivity contribution in [3.63, 3.8) is 0 Å². The summed E-state index contributed by atoms with van der Waals surface area (Å²) in [4.78, 5) is 25.4. The summed E-state index contributed by atoms with van der Waals surface area (Å²) in [6, 6.07) is 4.57. The van der Waals surface area contributed by atoms with Crippen LogP contribution in [0.25, 0.3) is 5.69 Å². The van der Waals surface area contributed by atoms with E-state index < -0.39 is 17.6 Å². The number of aromatic nitrogens is 3. The van der Waals surface area contributed by atoms with Crippen molar-refractivity contribution >= 4 is 121 Å². The molecule has 0 amide bonds. The Labute approximate surface area is 192 Å². The zero-order valence-corrected chi connectivity index (χ0v) is 19.7. The second-order valence-corrected chi connectivity index (χ2v) is 13.6. The Hall–Kier alpha value is 1.17. The van der Waals surface area contributed by atoms with Gasteiger partial charge in [-0.25, -0.2) is 14.2 Å². The SMILES string of the molecule is O=c1n(-c2ccc(Br)cc2Cl)c(=O)n(SC(Cl)(Cl)Cl)n1SC(Cl)(Cl)Cl. The quantitative estimate of drug-likeness (QED) is 0.421. The maximum Gasteiger partial charge on any atom is 0.363 e. The molecule has 5 nitrogen and oxygen atoms in total. The first-order valence-electron chi connectivity index (χ1n) is 5.75. The van der Waals surface area contributed by atoms with E-state index in [1.54, 1.807) is 6.07 Å². The first-order chi connectivity index (χ1) is 11.3. The van der Waals surface area contributed by atoms with E-state index in [1.165, 1.54) is 12.1 Å². The molecule has 0 fully saturated rings. The molecule has 0 atom stereocenters. The van der Waals surface area contributed by atoms with Crippen molar-refractivity contribution in [1.82, 2.24) is 12.7 Å². The van der Waals surface area contributed by atoms with Crippen LogP contribution in [-0.4, -0.2) is 19.0 Å². The highest BCUT2D eigenvalue weighted by atomic mass is 79.9. The highest BCUT2D eigenvalue weighted by Crippen LogP contribution is 2.42. The van der Waals surface area contributed by atoms with Crippen molar-refractivity contribution < 1.29 is 0 Å². The third-order valence-electron chi connectivity index (χ3n) is 2.41. The fraction of sp³-hybridized carbons (Fsp3) is 0.200. The molecular formula is C10H3BrCl7N3O2S2. The van der Waals surface area contributed by atoms with Crippen LogP contribution < -0.4 is 11.4 Å². The first-order valence-corrected chi connectivity index (χ1v) is 10.7.